The lowest BCUT2D eigenvalue weighted by molar-refractivity contribution is 0.900. The molecular weight excluding hydrogens is 242 g/mol. The fourth-order valence-corrected chi connectivity index (χ4v) is 2.18. The summed E-state index contributed by atoms with van der Waals surface area (Å²) in [5, 5.41) is 0. The van der Waals surface area contributed by atoms with Gasteiger partial charge in [-0.2, -0.15) is 0 Å². The molecule has 0 aliphatic carbocycles. The third-order valence-electron chi connectivity index (χ3n) is 2.11. The topological polar surface area (TPSA) is 54.7 Å². The number of aromatic amines is 1. The quantitative estimate of drug-likeness (QED) is 0.862. The Labute approximate surface area is 90.8 Å². The largest absolute Gasteiger partial charge is 0.342 e. The van der Waals surface area contributed by atoms with E-state index in [1.807, 2.05) is 0 Å². The minimum Gasteiger partial charge on any atom is -0.342 e. The van der Waals surface area contributed by atoms with Crippen molar-refractivity contribution >= 4 is 27.0 Å². The highest BCUT2D eigenvalue weighted by molar-refractivity contribution is 9.10. The minimum atomic E-state index is 0.621. The van der Waals surface area contributed by atoms with Crippen molar-refractivity contribution < 1.29 is 0 Å². The number of fused-ring (bicyclic) bond motifs is 1. The fourth-order valence-electron chi connectivity index (χ4n) is 1.52. The summed E-state index contributed by atoms with van der Waals surface area (Å²) in [6.45, 7) is 2.68. The fraction of sp³-hybridized carbons (Fsp3) is 0.300. The number of benzene rings is 1. The Morgan fingerprint density at radius 2 is 2.29 bits per heavy atom. The normalized spacial score (nSPS) is 11.1. The second kappa shape index (κ2) is 3.71. The van der Waals surface area contributed by atoms with Gasteiger partial charge in [0, 0.05) is 10.9 Å². The Bertz CT molecular complexity index is 462. The summed E-state index contributed by atoms with van der Waals surface area (Å²) >= 11 is 3.50. The number of H-pyrrole nitrogens is 1. The predicted octanol–water partition coefficient (Wildman–Crippen LogP) is 2.14. The van der Waals surface area contributed by atoms with E-state index in [-0.39, 0.29) is 0 Å². The minimum absolute atomic E-state index is 0.621. The SMILES string of the molecule is Cc1cc(Br)c2nc(CCN)[nH]c2c1. The first kappa shape index (κ1) is 9.68. The van der Waals surface area contributed by atoms with E-state index >= 15 is 0 Å². The van der Waals surface area contributed by atoms with Gasteiger partial charge in [-0.15, -0.1) is 0 Å². The summed E-state index contributed by atoms with van der Waals surface area (Å²) in [7, 11) is 0. The Kier molecular flexibility index (Phi) is 2.56. The molecule has 14 heavy (non-hydrogen) atoms. The zero-order valence-corrected chi connectivity index (χ0v) is 9.56. The third kappa shape index (κ3) is 1.67. The second-order valence-corrected chi connectivity index (χ2v) is 4.22. The molecule has 0 amide bonds. The van der Waals surface area contributed by atoms with Crippen LogP contribution in [0.3, 0.4) is 0 Å². The maximum atomic E-state index is 5.48. The van der Waals surface area contributed by atoms with Crippen molar-refractivity contribution in [3.63, 3.8) is 0 Å². The lowest BCUT2D eigenvalue weighted by Crippen LogP contribution is -2.03. The molecule has 3 nitrogen and oxygen atoms in total. The lowest BCUT2D eigenvalue weighted by atomic mass is 10.2. The van der Waals surface area contributed by atoms with Crippen LogP contribution in [-0.2, 0) is 6.42 Å². The Morgan fingerprint density at radius 1 is 1.50 bits per heavy atom. The molecule has 0 aliphatic heterocycles. The first-order chi connectivity index (χ1) is 6.70. The van der Waals surface area contributed by atoms with Gasteiger partial charge in [0.05, 0.1) is 5.52 Å². The molecule has 0 spiro atoms. The van der Waals surface area contributed by atoms with E-state index in [1.165, 1.54) is 5.56 Å². The first-order valence-corrected chi connectivity index (χ1v) is 5.35. The Morgan fingerprint density at radius 3 is 3.00 bits per heavy atom. The number of imidazole rings is 1. The highest BCUT2D eigenvalue weighted by atomic mass is 79.9. The average Bonchev–Trinajstić information content (AvgIpc) is 2.48. The van der Waals surface area contributed by atoms with E-state index in [2.05, 4.69) is 45.0 Å². The number of nitrogens with one attached hydrogen (secondary N) is 1. The number of aromatic nitrogens is 2. The highest BCUT2D eigenvalue weighted by Gasteiger charge is 2.05. The second-order valence-electron chi connectivity index (χ2n) is 3.37. The van der Waals surface area contributed by atoms with Crippen LogP contribution in [0.4, 0.5) is 0 Å². The summed E-state index contributed by atoms with van der Waals surface area (Å²) in [6.07, 6.45) is 0.792. The van der Waals surface area contributed by atoms with Crippen molar-refractivity contribution in [2.45, 2.75) is 13.3 Å². The number of rotatable bonds is 2. The number of halogens is 1. The Hall–Kier alpha value is -0.870. The summed E-state index contributed by atoms with van der Waals surface area (Å²) in [4.78, 5) is 7.72. The molecule has 1 aromatic heterocycles. The van der Waals surface area contributed by atoms with E-state index < -0.39 is 0 Å². The maximum absolute atomic E-state index is 5.48. The molecule has 1 heterocycles. The van der Waals surface area contributed by atoms with E-state index in [4.69, 9.17) is 5.73 Å². The van der Waals surface area contributed by atoms with E-state index in [0.717, 1.165) is 27.8 Å². The van der Waals surface area contributed by atoms with Crippen LogP contribution in [-0.4, -0.2) is 16.5 Å². The van der Waals surface area contributed by atoms with Crippen LogP contribution in [0.5, 0.6) is 0 Å². The van der Waals surface area contributed by atoms with Gasteiger partial charge in [0.25, 0.3) is 0 Å². The van der Waals surface area contributed by atoms with Gasteiger partial charge in [-0.05, 0) is 47.1 Å². The predicted molar refractivity (Wildman–Crippen MR) is 61.3 cm³/mol. The molecule has 0 saturated heterocycles. The standard InChI is InChI=1S/C10H12BrN3/c1-6-4-7(11)10-8(5-6)13-9(14-10)2-3-12/h4-5H,2-3,12H2,1H3,(H,13,14). The van der Waals surface area contributed by atoms with Crippen LogP contribution in [0, 0.1) is 6.92 Å². The molecule has 74 valence electrons. The molecule has 0 unspecified atom stereocenters. The molecule has 2 rings (SSSR count). The zero-order chi connectivity index (χ0) is 10.1. The van der Waals surface area contributed by atoms with Crippen LogP contribution in [0.25, 0.3) is 11.0 Å². The monoisotopic (exact) mass is 253 g/mol. The van der Waals surface area contributed by atoms with Crippen LogP contribution in [0.15, 0.2) is 16.6 Å². The number of nitrogens with zero attached hydrogens (tertiary/aromatic N) is 1. The van der Waals surface area contributed by atoms with Crippen molar-refractivity contribution in [1.29, 1.82) is 0 Å². The van der Waals surface area contributed by atoms with Crippen molar-refractivity contribution in [3.05, 3.63) is 28.0 Å². The van der Waals surface area contributed by atoms with Crippen LogP contribution >= 0.6 is 15.9 Å². The van der Waals surface area contributed by atoms with Gasteiger partial charge in [0.15, 0.2) is 0 Å². The van der Waals surface area contributed by atoms with Gasteiger partial charge < -0.3 is 10.7 Å². The van der Waals surface area contributed by atoms with E-state index in [0.29, 0.717) is 6.54 Å². The molecule has 3 N–H and O–H groups in total. The van der Waals surface area contributed by atoms with Gasteiger partial charge in [-0.25, -0.2) is 4.98 Å². The van der Waals surface area contributed by atoms with Crippen LogP contribution < -0.4 is 5.73 Å². The van der Waals surface area contributed by atoms with Crippen molar-refractivity contribution in [1.82, 2.24) is 9.97 Å². The van der Waals surface area contributed by atoms with Crippen molar-refractivity contribution in [3.8, 4) is 0 Å². The van der Waals surface area contributed by atoms with Crippen LogP contribution in [0.1, 0.15) is 11.4 Å². The molecule has 1 aromatic carbocycles. The average molecular weight is 254 g/mol. The number of nitrogens with two attached hydrogens (primary N) is 1. The van der Waals surface area contributed by atoms with Crippen molar-refractivity contribution in [2.24, 2.45) is 5.73 Å². The molecular formula is C10H12BrN3. The van der Waals surface area contributed by atoms with Gasteiger partial charge in [-0.3, -0.25) is 0 Å². The molecule has 0 bridgehead atoms. The summed E-state index contributed by atoms with van der Waals surface area (Å²) < 4.78 is 1.03. The maximum Gasteiger partial charge on any atom is 0.108 e. The molecule has 0 radical (unpaired) electrons. The van der Waals surface area contributed by atoms with E-state index in [1.54, 1.807) is 0 Å². The van der Waals surface area contributed by atoms with Gasteiger partial charge >= 0.3 is 0 Å². The smallest absolute Gasteiger partial charge is 0.108 e. The summed E-state index contributed by atoms with van der Waals surface area (Å²) in [6, 6.07) is 4.16. The highest BCUT2D eigenvalue weighted by Crippen LogP contribution is 2.23. The van der Waals surface area contributed by atoms with Gasteiger partial charge in [0.1, 0.15) is 11.3 Å². The molecule has 4 heteroatoms. The number of hydrogen-bond donors (Lipinski definition) is 2. The van der Waals surface area contributed by atoms with Gasteiger partial charge in [0.2, 0.25) is 0 Å². The number of hydrogen-bond acceptors (Lipinski definition) is 2. The molecule has 0 aliphatic rings. The summed E-state index contributed by atoms with van der Waals surface area (Å²) in [5.74, 6) is 0.953. The molecule has 0 saturated carbocycles. The molecule has 2 aromatic rings. The molecule has 0 fully saturated rings. The first-order valence-electron chi connectivity index (χ1n) is 4.55. The van der Waals surface area contributed by atoms with E-state index in [9.17, 15) is 0 Å². The van der Waals surface area contributed by atoms with Crippen molar-refractivity contribution in [2.75, 3.05) is 6.54 Å². The Balaban J connectivity index is 2.58. The lowest BCUT2D eigenvalue weighted by Gasteiger charge is -1.94. The zero-order valence-electron chi connectivity index (χ0n) is 7.97. The van der Waals surface area contributed by atoms with Crippen LogP contribution in [0.2, 0.25) is 0 Å². The number of aryl methyl sites for hydroxylation is 1. The third-order valence-corrected chi connectivity index (χ3v) is 2.72. The molecule has 0 atom stereocenters. The van der Waals surface area contributed by atoms with Gasteiger partial charge in [-0.1, -0.05) is 0 Å². The summed E-state index contributed by atoms with van der Waals surface area (Å²) in [5.41, 5.74) is 8.75.